The minimum absolute atomic E-state index is 0.00993. The monoisotopic (exact) mass is 343 g/mol. The summed E-state index contributed by atoms with van der Waals surface area (Å²) in [6.07, 6.45) is 2.42. The Balaban J connectivity index is 1.76. The minimum Gasteiger partial charge on any atom is -0.460 e. The zero-order valence-electron chi connectivity index (χ0n) is 13.9. The molecule has 25 heavy (non-hydrogen) atoms. The molecule has 1 aliphatic heterocycles. The van der Waals surface area contributed by atoms with Crippen molar-refractivity contribution in [3.05, 3.63) is 47.5 Å². The Morgan fingerprint density at radius 2 is 2.16 bits per heavy atom. The van der Waals surface area contributed by atoms with E-state index in [0.717, 1.165) is 0 Å². The van der Waals surface area contributed by atoms with Crippen molar-refractivity contribution in [1.82, 2.24) is 9.78 Å². The third kappa shape index (κ3) is 3.39. The molecular weight excluding hydrogens is 325 g/mol. The second-order valence-corrected chi connectivity index (χ2v) is 6.09. The van der Waals surface area contributed by atoms with E-state index in [1.54, 1.807) is 25.1 Å². The third-order valence-electron chi connectivity index (χ3n) is 4.48. The van der Waals surface area contributed by atoms with Crippen molar-refractivity contribution in [2.45, 2.75) is 19.8 Å². The average Bonchev–Trinajstić information content (AvgIpc) is 3.02. The van der Waals surface area contributed by atoms with Crippen LogP contribution in [0.15, 0.2) is 30.5 Å². The average molecular weight is 343 g/mol. The Kier molecular flexibility index (Phi) is 4.81. The molecule has 2 aromatic rings. The molecule has 2 heterocycles. The van der Waals surface area contributed by atoms with Gasteiger partial charge in [0, 0.05) is 13.2 Å². The molecule has 3 rings (SSSR count). The summed E-state index contributed by atoms with van der Waals surface area (Å²) >= 11 is 0. The lowest BCUT2D eigenvalue weighted by Gasteiger charge is -2.29. The highest BCUT2D eigenvalue weighted by Crippen LogP contribution is 2.30. The maximum atomic E-state index is 13.9. The van der Waals surface area contributed by atoms with Crippen molar-refractivity contribution >= 4 is 5.97 Å². The van der Waals surface area contributed by atoms with Gasteiger partial charge in [-0.2, -0.15) is 10.4 Å². The molecule has 1 fully saturated rings. The van der Waals surface area contributed by atoms with E-state index >= 15 is 0 Å². The van der Waals surface area contributed by atoms with E-state index in [1.165, 1.54) is 16.9 Å². The van der Waals surface area contributed by atoms with E-state index in [2.05, 4.69) is 11.2 Å². The molecule has 1 aliphatic rings. The van der Waals surface area contributed by atoms with E-state index in [0.29, 0.717) is 31.7 Å². The number of ether oxygens (including phenoxy) is 2. The molecule has 1 saturated heterocycles. The summed E-state index contributed by atoms with van der Waals surface area (Å²) in [5.41, 5.74) is 0.289. The van der Waals surface area contributed by atoms with E-state index < -0.39 is 17.2 Å². The molecule has 0 atom stereocenters. The number of nitriles is 1. The second-order valence-electron chi connectivity index (χ2n) is 6.09. The van der Waals surface area contributed by atoms with Gasteiger partial charge in [-0.3, -0.25) is 0 Å². The number of halogens is 1. The van der Waals surface area contributed by atoms with Gasteiger partial charge in [-0.05, 0) is 31.9 Å². The van der Waals surface area contributed by atoms with Gasteiger partial charge in [-0.25, -0.2) is 13.9 Å². The number of carbonyl (C=O) groups excluding carboxylic acids is 1. The van der Waals surface area contributed by atoms with E-state index in [1.807, 2.05) is 0 Å². The van der Waals surface area contributed by atoms with Crippen molar-refractivity contribution in [2.75, 3.05) is 19.8 Å². The van der Waals surface area contributed by atoms with Crippen LogP contribution in [0.2, 0.25) is 0 Å². The number of carbonyl (C=O) groups is 1. The fraction of sp³-hybridized carbons (Fsp3) is 0.389. The van der Waals surface area contributed by atoms with Crippen LogP contribution in [0.4, 0.5) is 4.39 Å². The van der Waals surface area contributed by atoms with Gasteiger partial charge in [0.15, 0.2) is 0 Å². The molecule has 0 saturated carbocycles. The maximum Gasteiger partial charge on any atom is 0.341 e. The lowest BCUT2D eigenvalue weighted by Crippen LogP contribution is -2.33. The summed E-state index contributed by atoms with van der Waals surface area (Å²) in [6.45, 7) is 2.64. The predicted molar refractivity (Wildman–Crippen MR) is 86.6 cm³/mol. The van der Waals surface area contributed by atoms with Crippen molar-refractivity contribution in [3.63, 3.8) is 0 Å². The first-order valence-corrected chi connectivity index (χ1v) is 8.02. The predicted octanol–water partition coefficient (Wildman–Crippen LogP) is 2.80. The van der Waals surface area contributed by atoms with Crippen molar-refractivity contribution in [3.8, 4) is 11.8 Å². The molecule has 0 N–H and O–H groups in total. The van der Waals surface area contributed by atoms with Crippen LogP contribution in [-0.4, -0.2) is 35.6 Å². The van der Waals surface area contributed by atoms with Crippen LogP contribution in [-0.2, 0) is 9.47 Å². The number of hydrogen-bond acceptors (Lipinski definition) is 5. The molecule has 6 nitrogen and oxygen atoms in total. The summed E-state index contributed by atoms with van der Waals surface area (Å²) in [5, 5.41) is 13.5. The molecule has 7 heteroatoms. The SMILES string of the molecule is Cc1c(C(=O)OCC2(C#N)CCOCC2)cnn1-c1ccccc1F. The topological polar surface area (TPSA) is 77.1 Å². The lowest BCUT2D eigenvalue weighted by molar-refractivity contribution is -0.00470. The van der Waals surface area contributed by atoms with Gasteiger partial charge >= 0.3 is 5.97 Å². The fourth-order valence-corrected chi connectivity index (χ4v) is 2.81. The Bertz CT molecular complexity index is 819. The van der Waals surface area contributed by atoms with Gasteiger partial charge in [0.25, 0.3) is 0 Å². The highest BCUT2D eigenvalue weighted by molar-refractivity contribution is 5.90. The molecule has 0 aliphatic carbocycles. The Labute approximate surface area is 144 Å². The van der Waals surface area contributed by atoms with Crippen molar-refractivity contribution < 1.29 is 18.7 Å². The first-order chi connectivity index (χ1) is 12.1. The van der Waals surface area contributed by atoms with Gasteiger partial charge < -0.3 is 9.47 Å². The standard InChI is InChI=1S/C18H18FN3O3/c1-13-14(10-21-22(13)16-5-3-2-4-15(16)19)17(23)25-12-18(11-20)6-8-24-9-7-18/h2-5,10H,6-9,12H2,1H3. The first-order valence-electron chi connectivity index (χ1n) is 8.02. The number of aromatic nitrogens is 2. The fourth-order valence-electron chi connectivity index (χ4n) is 2.81. The van der Waals surface area contributed by atoms with Crippen LogP contribution in [0.25, 0.3) is 5.69 Å². The summed E-state index contributed by atoms with van der Waals surface area (Å²) < 4.78 is 25.9. The number of esters is 1. The van der Waals surface area contributed by atoms with Crippen LogP contribution in [0.1, 0.15) is 28.9 Å². The maximum absolute atomic E-state index is 13.9. The van der Waals surface area contributed by atoms with Crippen LogP contribution < -0.4 is 0 Å². The van der Waals surface area contributed by atoms with Crippen LogP contribution in [0, 0.1) is 29.5 Å². The van der Waals surface area contributed by atoms with Gasteiger partial charge in [-0.1, -0.05) is 12.1 Å². The Morgan fingerprint density at radius 3 is 2.84 bits per heavy atom. The number of hydrogen-bond donors (Lipinski definition) is 0. The highest BCUT2D eigenvalue weighted by Gasteiger charge is 2.34. The molecule has 0 amide bonds. The zero-order valence-corrected chi connectivity index (χ0v) is 13.9. The van der Waals surface area contributed by atoms with Gasteiger partial charge in [0.2, 0.25) is 0 Å². The lowest BCUT2D eigenvalue weighted by atomic mass is 9.83. The number of benzene rings is 1. The molecule has 0 bridgehead atoms. The van der Waals surface area contributed by atoms with E-state index in [4.69, 9.17) is 9.47 Å². The van der Waals surface area contributed by atoms with E-state index in [9.17, 15) is 14.4 Å². The Hall–Kier alpha value is -2.72. The zero-order chi connectivity index (χ0) is 17.9. The highest BCUT2D eigenvalue weighted by atomic mass is 19.1. The van der Waals surface area contributed by atoms with Crippen molar-refractivity contribution in [1.29, 1.82) is 5.26 Å². The van der Waals surface area contributed by atoms with Crippen LogP contribution in [0.5, 0.6) is 0 Å². The molecule has 1 aromatic carbocycles. The van der Waals surface area contributed by atoms with Crippen LogP contribution >= 0.6 is 0 Å². The summed E-state index contributed by atoms with van der Waals surface area (Å²) in [6, 6.07) is 8.44. The minimum atomic E-state index is -0.705. The summed E-state index contributed by atoms with van der Waals surface area (Å²) in [7, 11) is 0. The smallest absolute Gasteiger partial charge is 0.341 e. The Morgan fingerprint density at radius 1 is 1.44 bits per heavy atom. The number of nitrogens with zero attached hydrogens (tertiary/aromatic N) is 3. The van der Waals surface area contributed by atoms with Crippen molar-refractivity contribution in [2.24, 2.45) is 5.41 Å². The third-order valence-corrected chi connectivity index (χ3v) is 4.48. The number of para-hydroxylation sites is 1. The number of rotatable bonds is 4. The molecular formula is C18H18FN3O3. The summed E-state index contributed by atoms with van der Waals surface area (Å²) in [5.74, 6) is -1.000. The quantitative estimate of drug-likeness (QED) is 0.798. The first kappa shape index (κ1) is 17.1. The summed E-state index contributed by atoms with van der Waals surface area (Å²) in [4.78, 5) is 12.4. The molecule has 0 spiro atoms. The largest absolute Gasteiger partial charge is 0.460 e. The van der Waals surface area contributed by atoms with E-state index in [-0.39, 0.29) is 17.9 Å². The molecule has 0 unspecified atom stereocenters. The second kappa shape index (κ2) is 7.03. The van der Waals surface area contributed by atoms with Crippen LogP contribution in [0.3, 0.4) is 0 Å². The van der Waals surface area contributed by atoms with Gasteiger partial charge in [0.1, 0.15) is 23.7 Å². The molecule has 130 valence electrons. The molecule has 0 radical (unpaired) electrons. The molecule has 1 aromatic heterocycles. The van der Waals surface area contributed by atoms with Gasteiger partial charge in [0.05, 0.1) is 23.4 Å². The normalized spacial score (nSPS) is 16.2. The van der Waals surface area contributed by atoms with Gasteiger partial charge in [-0.15, -0.1) is 0 Å².